The minimum atomic E-state index is 0.179. The molecule has 0 aliphatic carbocycles. The summed E-state index contributed by atoms with van der Waals surface area (Å²) in [5, 5.41) is 9.59. The van der Waals surface area contributed by atoms with E-state index in [-0.39, 0.29) is 5.75 Å². The van der Waals surface area contributed by atoms with Crippen molar-refractivity contribution in [2.45, 2.75) is 6.54 Å². The van der Waals surface area contributed by atoms with Crippen molar-refractivity contribution in [1.82, 2.24) is 9.97 Å². The maximum Gasteiger partial charge on any atom is 0.162 e. The van der Waals surface area contributed by atoms with E-state index in [0.717, 1.165) is 5.56 Å². The van der Waals surface area contributed by atoms with Crippen molar-refractivity contribution >= 4 is 0 Å². The zero-order valence-electron chi connectivity index (χ0n) is 8.09. The number of benzene rings is 1. The number of hydrogen-bond acceptors (Lipinski definition) is 4. The van der Waals surface area contributed by atoms with Crippen LogP contribution in [0.15, 0.2) is 36.7 Å². The SMILES string of the molecule is NCc1cnc(-c2ccccc2O)nc1. The van der Waals surface area contributed by atoms with E-state index in [1.165, 1.54) is 0 Å². The van der Waals surface area contributed by atoms with Gasteiger partial charge in [-0.15, -0.1) is 0 Å². The van der Waals surface area contributed by atoms with Crippen LogP contribution in [0.4, 0.5) is 0 Å². The number of para-hydroxylation sites is 1. The minimum Gasteiger partial charge on any atom is -0.507 e. The Morgan fingerprint density at radius 1 is 1.13 bits per heavy atom. The monoisotopic (exact) mass is 201 g/mol. The number of aromatic nitrogens is 2. The van der Waals surface area contributed by atoms with E-state index in [4.69, 9.17) is 5.73 Å². The average Bonchev–Trinajstić information content (AvgIpc) is 2.30. The van der Waals surface area contributed by atoms with E-state index in [1.54, 1.807) is 30.6 Å². The van der Waals surface area contributed by atoms with Gasteiger partial charge in [-0.3, -0.25) is 0 Å². The molecule has 0 unspecified atom stereocenters. The van der Waals surface area contributed by atoms with Crippen LogP contribution in [0, 0.1) is 0 Å². The summed E-state index contributed by atoms with van der Waals surface area (Å²) >= 11 is 0. The number of aromatic hydroxyl groups is 1. The van der Waals surface area contributed by atoms with Gasteiger partial charge in [0.25, 0.3) is 0 Å². The van der Waals surface area contributed by atoms with Gasteiger partial charge in [0.15, 0.2) is 5.82 Å². The molecule has 0 amide bonds. The quantitative estimate of drug-likeness (QED) is 0.768. The topological polar surface area (TPSA) is 72.0 Å². The summed E-state index contributed by atoms with van der Waals surface area (Å²) in [5.74, 6) is 0.684. The third kappa shape index (κ3) is 1.94. The maximum absolute atomic E-state index is 9.59. The number of nitrogens with two attached hydrogens (primary N) is 1. The fourth-order valence-corrected chi connectivity index (χ4v) is 1.26. The molecule has 3 N–H and O–H groups in total. The van der Waals surface area contributed by atoms with Crippen LogP contribution in [0.1, 0.15) is 5.56 Å². The molecule has 4 nitrogen and oxygen atoms in total. The molecule has 1 aromatic heterocycles. The number of phenolic OH excluding ortho intramolecular Hbond substituents is 1. The van der Waals surface area contributed by atoms with Crippen LogP contribution in [0.2, 0.25) is 0 Å². The van der Waals surface area contributed by atoms with Crippen LogP contribution in [-0.4, -0.2) is 15.1 Å². The first kappa shape index (κ1) is 9.61. The van der Waals surface area contributed by atoms with Gasteiger partial charge >= 0.3 is 0 Å². The predicted octanol–water partition coefficient (Wildman–Crippen LogP) is 1.31. The van der Waals surface area contributed by atoms with Gasteiger partial charge in [0.1, 0.15) is 5.75 Å². The van der Waals surface area contributed by atoms with Crippen molar-refractivity contribution in [3.05, 3.63) is 42.2 Å². The van der Waals surface area contributed by atoms with Crippen LogP contribution >= 0.6 is 0 Å². The molecule has 4 heteroatoms. The lowest BCUT2D eigenvalue weighted by atomic mass is 10.2. The molecule has 0 fully saturated rings. The first-order valence-corrected chi connectivity index (χ1v) is 4.60. The molecule has 0 spiro atoms. The second-order valence-corrected chi connectivity index (χ2v) is 3.14. The molecule has 0 radical (unpaired) electrons. The number of phenols is 1. The second-order valence-electron chi connectivity index (χ2n) is 3.14. The van der Waals surface area contributed by atoms with Gasteiger partial charge in [-0.25, -0.2) is 9.97 Å². The Morgan fingerprint density at radius 2 is 1.80 bits per heavy atom. The number of hydrogen-bond donors (Lipinski definition) is 2. The lowest BCUT2D eigenvalue weighted by Gasteiger charge is -2.02. The summed E-state index contributed by atoms with van der Waals surface area (Å²) < 4.78 is 0. The van der Waals surface area contributed by atoms with Crippen molar-refractivity contribution in [1.29, 1.82) is 0 Å². The van der Waals surface area contributed by atoms with Gasteiger partial charge in [-0.1, -0.05) is 12.1 Å². The maximum atomic E-state index is 9.59. The molecule has 0 atom stereocenters. The molecular formula is C11H11N3O. The number of rotatable bonds is 2. The molecule has 0 aliphatic rings. The van der Waals surface area contributed by atoms with Gasteiger partial charge < -0.3 is 10.8 Å². The highest BCUT2D eigenvalue weighted by atomic mass is 16.3. The molecular weight excluding hydrogens is 190 g/mol. The van der Waals surface area contributed by atoms with Crippen LogP contribution < -0.4 is 5.73 Å². The molecule has 1 heterocycles. The fraction of sp³-hybridized carbons (Fsp3) is 0.0909. The van der Waals surface area contributed by atoms with Crippen molar-refractivity contribution < 1.29 is 5.11 Å². The third-order valence-electron chi connectivity index (χ3n) is 2.09. The van der Waals surface area contributed by atoms with Gasteiger partial charge in [-0.05, 0) is 12.1 Å². The van der Waals surface area contributed by atoms with Gasteiger partial charge in [0.2, 0.25) is 0 Å². The van der Waals surface area contributed by atoms with E-state index < -0.39 is 0 Å². The van der Waals surface area contributed by atoms with E-state index in [1.807, 2.05) is 6.07 Å². The molecule has 76 valence electrons. The highest BCUT2D eigenvalue weighted by molar-refractivity contribution is 5.62. The first-order valence-electron chi connectivity index (χ1n) is 4.60. The molecule has 2 aromatic rings. The Bertz CT molecular complexity index is 454. The molecule has 0 saturated carbocycles. The van der Waals surface area contributed by atoms with E-state index in [0.29, 0.717) is 17.9 Å². The van der Waals surface area contributed by atoms with Crippen molar-refractivity contribution in [3.8, 4) is 17.1 Å². The lowest BCUT2D eigenvalue weighted by molar-refractivity contribution is 0.477. The summed E-state index contributed by atoms with van der Waals surface area (Å²) in [6, 6.07) is 6.96. The standard InChI is InChI=1S/C11H11N3O/c12-5-8-6-13-11(14-7-8)9-3-1-2-4-10(9)15/h1-4,6-7,15H,5,12H2. The van der Waals surface area contributed by atoms with Crippen LogP contribution in [0.25, 0.3) is 11.4 Å². The Hall–Kier alpha value is -1.94. The summed E-state index contributed by atoms with van der Waals surface area (Å²) in [6.45, 7) is 0.418. The normalized spacial score (nSPS) is 10.2. The van der Waals surface area contributed by atoms with Gasteiger partial charge in [0, 0.05) is 24.5 Å². The molecule has 0 saturated heterocycles. The molecule has 2 rings (SSSR count). The minimum absolute atomic E-state index is 0.179. The molecule has 15 heavy (non-hydrogen) atoms. The van der Waals surface area contributed by atoms with Crippen molar-refractivity contribution in [2.24, 2.45) is 5.73 Å². The largest absolute Gasteiger partial charge is 0.507 e. The van der Waals surface area contributed by atoms with E-state index >= 15 is 0 Å². The number of nitrogens with zero attached hydrogens (tertiary/aromatic N) is 2. The average molecular weight is 201 g/mol. The smallest absolute Gasteiger partial charge is 0.162 e. The first-order chi connectivity index (χ1) is 7.31. The highest BCUT2D eigenvalue weighted by Gasteiger charge is 2.05. The van der Waals surface area contributed by atoms with Crippen LogP contribution in [0.3, 0.4) is 0 Å². The zero-order valence-corrected chi connectivity index (χ0v) is 8.09. The Balaban J connectivity index is 2.42. The van der Waals surface area contributed by atoms with Crippen molar-refractivity contribution in [2.75, 3.05) is 0 Å². The zero-order chi connectivity index (χ0) is 10.7. The van der Waals surface area contributed by atoms with Crippen LogP contribution in [0.5, 0.6) is 5.75 Å². The summed E-state index contributed by atoms with van der Waals surface area (Å²) in [5.41, 5.74) is 6.93. The lowest BCUT2D eigenvalue weighted by Crippen LogP contribution is -1.99. The van der Waals surface area contributed by atoms with E-state index in [9.17, 15) is 5.11 Å². The Kier molecular flexibility index (Phi) is 2.60. The van der Waals surface area contributed by atoms with Gasteiger partial charge in [-0.2, -0.15) is 0 Å². The van der Waals surface area contributed by atoms with Gasteiger partial charge in [0.05, 0.1) is 5.56 Å². The summed E-state index contributed by atoms with van der Waals surface area (Å²) in [7, 11) is 0. The van der Waals surface area contributed by atoms with Crippen LogP contribution in [-0.2, 0) is 6.54 Å². The molecule has 0 bridgehead atoms. The second kappa shape index (κ2) is 4.06. The Morgan fingerprint density at radius 3 is 2.40 bits per heavy atom. The predicted molar refractivity (Wildman–Crippen MR) is 57.0 cm³/mol. The Labute approximate surface area is 87.4 Å². The molecule has 0 aliphatic heterocycles. The third-order valence-corrected chi connectivity index (χ3v) is 2.09. The summed E-state index contributed by atoms with van der Waals surface area (Å²) in [6.07, 6.45) is 3.32. The highest BCUT2D eigenvalue weighted by Crippen LogP contribution is 2.24. The fourth-order valence-electron chi connectivity index (χ4n) is 1.26. The van der Waals surface area contributed by atoms with Crippen molar-refractivity contribution in [3.63, 3.8) is 0 Å². The summed E-state index contributed by atoms with van der Waals surface area (Å²) in [4.78, 5) is 8.26. The van der Waals surface area contributed by atoms with E-state index in [2.05, 4.69) is 9.97 Å². The molecule has 1 aromatic carbocycles.